The molecule has 2 rings (SSSR count). The summed E-state index contributed by atoms with van der Waals surface area (Å²) >= 11 is 0.877. The van der Waals surface area contributed by atoms with Crippen molar-refractivity contribution in [3.05, 3.63) is 16.1 Å². The number of aromatic nitrogens is 1. The Morgan fingerprint density at radius 3 is 2.52 bits per heavy atom. The molecule has 1 aromatic rings. The molecule has 0 atom stereocenters. The third-order valence-electron chi connectivity index (χ3n) is 3.44. The summed E-state index contributed by atoms with van der Waals surface area (Å²) < 4.78 is 37.2. The average molecular weight is 344 g/mol. The zero-order chi connectivity index (χ0) is 14.8. The van der Waals surface area contributed by atoms with Crippen LogP contribution in [0.4, 0.5) is 13.2 Å². The van der Waals surface area contributed by atoms with Crippen LogP contribution >= 0.6 is 23.7 Å². The number of nitrogens with one attached hydrogen (secondary N) is 1. The van der Waals surface area contributed by atoms with Crippen LogP contribution in [0.15, 0.2) is 5.38 Å². The highest BCUT2D eigenvalue weighted by Gasteiger charge is 2.36. The van der Waals surface area contributed by atoms with Crippen molar-refractivity contribution < 1.29 is 18.0 Å². The first kappa shape index (κ1) is 18.2. The zero-order valence-electron chi connectivity index (χ0n) is 11.2. The molecule has 0 bridgehead atoms. The van der Waals surface area contributed by atoms with E-state index in [1.807, 2.05) is 0 Å². The quantitative estimate of drug-likeness (QED) is 0.886. The number of hydrogen-bond donors (Lipinski definition) is 2. The van der Waals surface area contributed by atoms with Crippen molar-refractivity contribution in [3.8, 4) is 0 Å². The second kappa shape index (κ2) is 6.93. The van der Waals surface area contributed by atoms with Gasteiger partial charge in [-0.05, 0) is 12.8 Å². The van der Waals surface area contributed by atoms with Crippen molar-refractivity contribution in [2.75, 3.05) is 0 Å². The van der Waals surface area contributed by atoms with Crippen LogP contribution in [0.2, 0.25) is 0 Å². The number of nitrogens with two attached hydrogens (primary N) is 1. The minimum Gasteiger partial charge on any atom is -0.348 e. The lowest BCUT2D eigenvalue weighted by Gasteiger charge is -2.31. The van der Waals surface area contributed by atoms with Crippen molar-refractivity contribution in [2.24, 2.45) is 5.73 Å². The van der Waals surface area contributed by atoms with Crippen LogP contribution < -0.4 is 11.1 Å². The van der Waals surface area contributed by atoms with E-state index in [-0.39, 0.29) is 29.9 Å². The van der Waals surface area contributed by atoms with Gasteiger partial charge in [0.25, 0.3) is 0 Å². The SMILES string of the molecule is Cl.NC1(C(=O)NCc2nc(C(F)(F)F)cs2)CCCCC1. The molecular weight excluding hydrogens is 327 g/mol. The Bertz CT molecular complexity index is 486. The molecule has 0 unspecified atom stereocenters. The fourth-order valence-corrected chi connectivity index (χ4v) is 3.00. The summed E-state index contributed by atoms with van der Waals surface area (Å²) in [6.07, 6.45) is -0.349. The van der Waals surface area contributed by atoms with Gasteiger partial charge in [-0.2, -0.15) is 13.2 Å². The summed E-state index contributed by atoms with van der Waals surface area (Å²) in [6.45, 7) is -0.0153. The summed E-state index contributed by atoms with van der Waals surface area (Å²) in [6, 6.07) is 0. The van der Waals surface area contributed by atoms with Gasteiger partial charge < -0.3 is 11.1 Å². The number of amides is 1. The third-order valence-corrected chi connectivity index (χ3v) is 4.29. The maximum atomic E-state index is 12.4. The van der Waals surface area contributed by atoms with E-state index in [0.717, 1.165) is 36.0 Å². The van der Waals surface area contributed by atoms with Crippen LogP contribution in [0.1, 0.15) is 42.8 Å². The molecule has 3 N–H and O–H groups in total. The van der Waals surface area contributed by atoms with E-state index in [2.05, 4.69) is 10.3 Å². The van der Waals surface area contributed by atoms with Gasteiger partial charge in [-0.3, -0.25) is 4.79 Å². The van der Waals surface area contributed by atoms with E-state index in [1.165, 1.54) is 0 Å². The molecule has 1 fully saturated rings. The number of carbonyl (C=O) groups excluding carboxylic acids is 1. The lowest BCUT2D eigenvalue weighted by molar-refractivity contribution is -0.140. The van der Waals surface area contributed by atoms with Gasteiger partial charge in [0.15, 0.2) is 5.69 Å². The first-order valence-corrected chi connectivity index (χ1v) is 7.28. The largest absolute Gasteiger partial charge is 0.434 e. The number of rotatable bonds is 3. The van der Waals surface area contributed by atoms with Crippen molar-refractivity contribution in [2.45, 2.75) is 50.4 Å². The Hall–Kier alpha value is -0.860. The maximum Gasteiger partial charge on any atom is 0.434 e. The molecule has 0 saturated heterocycles. The number of nitrogens with zero attached hydrogens (tertiary/aromatic N) is 1. The summed E-state index contributed by atoms with van der Waals surface area (Å²) in [4.78, 5) is 15.5. The Morgan fingerprint density at radius 1 is 1.38 bits per heavy atom. The molecule has 1 aliphatic carbocycles. The van der Waals surface area contributed by atoms with E-state index in [1.54, 1.807) is 0 Å². The normalized spacial score (nSPS) is 17.9. The molecule has 4 nitrogen and oxygen atoms in total. The lowest BCUT2D eigenvalue weighted by Crippen LogP contribution is -2.54. The maximum absolute atomic E-state index is 12.4. The van der Waals surface area contributed by atoms with E-state index in [4.69, 9.17) is 5.73 Å². The summed E-state index contributed by atoms with van der Waals surface area (Å²) in [5, 5.41) is 3.76. The predicted octanol–water partition coefficient (Wildman–Crippen LogP) is 2.86. The van der Waals surface area contributed by atoms with Crippen LogP contribution in [0.25, 0.3) is 0 Å². The number of carbonyl (C=O) groups is 1. The molecule has 1 aliphatic rings. The Balaban J connectivity index is 0.00000220. The van der Waals surface area contributed by atoms with Crippen molar-refractivity contribution in [3.63, 3.8) is 0 Å². The first-order chi connectivity index (χ1) is 9.31. The van der Waals surface area contributed by atoms with Gasteiger partial charge in [0.1, 0.15) is 5.01 Å². The highest BCUT2D eigenvalue weighted by Crippen LogP contribution is 2.30. The minimum absolute atomic E-state index is 0. The van der Waals surface area contributed by atoms with Gasteiger partial charge in [-0.25, -0.2) is 4.98 Å². The lowest BCUT2D eigenvalue weighted by atomic mass is 9.82. The smallest absolute Gasteiger partial charge is 0.348 e. The Morgan fingerprint density at radius 2 is 2.00 bits per heavy atom. The van der Waals surface area contributed by atoms with Crippen LogP contribution in [0.3, 0.4) is 0 Å². The second-order valence-electron chi connectivity index (χ2n) is 5.02. The van der Waals surface area contributed by atoms with Crippen LogP contribution in [-0.2, 0) is 17.5 Å². The molecule has 0 aromatic carbocycles. The number of halogens is 4. The average Bonchev–Trinajstić information content (AvgIpc) is 2.85. The third kappa shape index (κ3) is 4.55. The summed E-state index contributed by atoms with van der Waals surface area (Å²) in [5.41, 5.74) is 4.22. The summed E-state index contributed by atoms with van der Waals surface area (Å²) in [5.74, 6) is -0.305. The van der Waals surface area contributed by atoms with E-state index < -0.39 is 17.4 Å². The van der Waals surface area contributed by atoms with Crippen molar-refractivity contribution >= 4 is 29.7 Å². The molecule has 1 heterocycles. The van der Waals surface area contributed by atoms with Crippen LogP contribution in [-0.4, -0.2) is 16.4 Å². The first-order valence-electron chi connectivity index (χ1n) is 6.40. The van der Waals surface area contributed by atoms with Gasteiger partial charge >= 0.3 is 6.18 Å². The highest BCUT2D eigenvalue weighted by atomic mass is 35.5. The Labute approximate surface area is 130 Å². The monoisotopic (exact) mass is 343 g/mol. The number of hydrogen-bond acceptors (Lipinski definition) is 4. The standard InChI is InChI=1S/C12H16F3N3OS.ClH/c13-12(14,15)8-7-20-9(18-8)6-17-10(19)11(16)4-2-1-3-5-11;/h7H,1-6,16H2,(H,17,19);1H. The zero-order valence-corrected chi connectivity index (χ0v) is 12.8. The molecule has 1 aromatic heterocycles. The van der Waals surface area contributed by atoms with E-state index in [0.29, 0.717) is 12.8 Å². The van der Waals surface area contributed by atoms with E-state index in [9.17, 15) is 18.0 Å². The summed E-state index contributed by atoms with van der Waals surface area (Å²) in [7, 11) is 0. The van der Waals surface area contributed by atoms with Gasteiger partial charge in [-0.15, -0.1) is 23.7 Å². The molecule has 0 radical (unpaired) electrons. The number of alkyl halides is 3. The van der Waals surface area contributed by atoms with Gasteiger partial charge in [0, 0.05) is 5.38 Å². The topological polar surface area (TPSA) is 68.0 Å². The molecule has 21 heavy (non-hydrogen) atoms. The highest BCUT2D eigenvalue weighted by molar-refractivity contribution is 7.09. The van der Waals surface area contributed by atoms with Gasteiger partial charge in [-0.1, -0.05) is 19.3 Å². The van der Waals surface area contributed by atoms with Crippen molar-refractivity contribution in [1.82, 2.24) is 10.3 Å². The van der Waals surface area contributed by atoms with Crippen LogP contribution in [0.5, 0.6) is 0 Å². The number of thiazole rings is 1. The molecule has 0 aliphatic heterocycles. The predicted molar refractivity (Wildman–Crippen MR) is 76.2 cm³/mol. The fraction of sp³-hybridized carbons (Fsp3) is 0.667. The molecule has 1 amide bonds. The molecule has 9 heteroatoms. The van der Waals surface area contributed by atoms with Crippen LogP contribution in [0, 0.1) is 0 Å². The van der Waals surface area contributed by atoms with Gasteiger partial charge in [0.2, 0.25) is 5.91 Å². The Kier molecular flexibility index (Phi) is 6.01. The van der Waals surface area contributed by atoms with Gasteiger partial charge in [0.05, 0.1) is 12.1 Å². The van der Waals surface area contributed by atoms with Crippen molar-refractivity contribution in [1.29, 1.82) is 0 Å². The fourth-order valence-electron chi connectivity index (χ4n) is 2.26. The molecule has 120 valence electrons. The van der Waals surface area contributed by atoms with E-state index >= 15 is 0 Å². The minimum atomic E-state index is -4.45. The molecule has 1 saturated carbocycles. The second-order valence-corrected chi connectivity index (χ2v) is 5.97. The molecule has 0 spiro atoms. The molecular formula is C12H17ClF3N3OS.